The Morgan fingerprint density at radius 1 is 1.27 bits per heavy atom. The summed E-state index contributed by atoms with van der Waals surface area (Å²) in [6, 6.07) is 3.99. The molecule has 1 saturated carbocycles. The average molecular weight is 226 g/mol. The molecule has 15 heavy (non-hydrogen) atoms. The minimum Gasteiger partial charge on any atom is -0.481 e. The molecule has 1 fully saturated rings. The summed E-state index contributed by atoms with van der Waals surface area (Å²) in [5.41, 5.74) is 1.28. The smallest absolute Gasteiger partial charge is 0.214 e. The maximum Gasteiger partial charge on any atom is 0.214 e. The third-order valence-corrected chi connectivity index (χ3v) is 3.27. The maximum absolute atomic E-state index is 5.96. The highest BCUT2D eigenvalue weighted by Crippen LogP contribution is 2.34. The summed E-state index contributed by atoms with van der Waals surface area (Å²) < 4.78 is 5.13. The quantitative estimate of drug-likeness (QED) is 0.715. The molecule has 1 aromatic rings. The summed E-state index contributed by atoms with van der Waals surface area (Å²) in [7, 11) is 1.63. The number of pyridine rings is 1. The summed E-state index contributed by atoms with van der Waals surface area (Å²) in [5.74, 6) is 1.27. The van der Waals surface area contributed by atoms with Gasteiger partial charge >= 0.3 is 0 Å². The summed E-state index contributed by atoms with van der Waals surface area (Å²) in [6.07, 6.45) is 6.55. The van der Waals surface area contributed by atoms with Gasteiger partial charge in [-0.3, -0.25) is 0 Å². The van der Waals surface area contributed by atoms with Crippen molar-refractivity contribution in [2.45, 2.75) is 38.0 Å². The first-order valence-electron chi connectivity index (χ1n) is 5.51. The molecule has 0 amide bonds. The summed E-state index contributed by atoms with van der Waals surface area (Å²) in [4.78, 5) is 4.09. The minimum atomic E-state index is 0.537. The highest BCUT2D eigenvalue weighted by atomic mass is 35.5. The molecule has 2 rings (SSSR count). The zero-order valence-corrected chi connectivity index (χ0v) is 9.76. The Hall–Kier alpha value is -0.760. The molecule has 1 aliphatic rings. The SMILES string of the molecule is COc1cc(C2CCCCC2)cc(Cl)n1. The number of aromatic nitrogens is 1. The molecule has 0 N–H and O–H groups in total. The van der Waals surface area contributed by atoms with Gasteiger partial charge in [-0.1, -0.05) is 30.9 Å². The lowest BCUT2D eigenvalue weighted by Gasteiger charge is -2.22. The molecular weight excluding hydrogens is 210 g/mol. The van der Waals surface area contributed by atoms with E-state index in [0.29, 0.717) is 17.0 Å². The van der Waals surface area contributed by atoms with Crippen molar-refractivity contribution >= 4 is 11.6 Å². The van der Waals surface area contributed by atoms with E-state index in [9.17, 15) is 0 Å². The first kappa shape index (κ1) is 10.7. The molecule has 1 heterocycles. The van der Waals surface area contributed by atoms with Crippen LogP contribution in [0.4, 0.5) is 0 Å². The van der Waals surface area contributed by atoms with Gasteiger partial charge in [-0.25, -0.2) is 4.98 Å². The van der Waals surface area contributed by atoms with Crippen molar-refractivity contribution in [3.05, 3.63) is 22.8 Å². The lowest BCUT2D eigenvalue weighted by Crippen LogP contribution is -2.05. The predicted octanol–water partition coefficient (Wildman–Crippen LogP) is 3.79. The Kier molecular flexibility index (Phi) is 3.47. The standard InChI is InChI=1S/C12H16ClNO/c1-15-12-8-10(7-11(13)14-12)9-5-3-2-4-6-9/h7-9H,2-6H2,1H3. The number of hydrogen-bond acceptors (Lipinski definition) is 2. The maximum atomic E-state index is 5.96. The van der Waals surface area contributed by atoms with Crippen LogP contribution < -0.4 is 4.74 Å². The molecule has 0 radical (unpaired) electrons. The van der Waals surface area contributed by atoms with Crippen molar-refractivity contribution in [2.75, 3.05) is 7.11 Å². The topological polar surface area (TPSA) is 22.1 Å². The van der Waals surface area contributed by atoms with E-state index in [0.717, 1.165) is 0 Å². The average Bonchev–Trinajstić information content (AvgIpc) is 2.29. The van der Waals surface area contributed by atoms with Gasteiger partial charge < -0.3 is 4.74 Å². The predicted molar refractivity (Wildman–Crippen MR) is 61.6 cm³/mol. The largest absolute Gasteiger partial charge is 0.481 e. The van der Waals surface area contributed by atoms with E-state index in [1.54, 1.807) is 7.11 Å². The third-order valence-electron chi connectivity index (χ3n) is 3.08. The number of hydrogen-bond donors (Lipinski definition) is 0. The summed E-state index contributed by atoms with van der Waals surface area (Å²) >= 11 is 5.96. The second-order valence-electron chi connectivity index (χ2n) is 4.10. The molecule has 82 valence electrons. The van der Waals surface area contributed by atoms with Crippen molar-refractivity contribution < 1.29 is 4.74 Å². The van der Waals surface area contributed by atoms with Gasteiger partial charge in [-0.05, 0) is 30.4 Å². The van der Waals surface area contributed by atoms with E-state index < -0.39 is 0 Å². The molecule has 0 spiro atoms. The normalized spacial score (nSPS) is 17.7. The first-order valence-corrected chi connectivity index (χ1v) is 5.89. The fourth-order valence-electron chi connectivity index (χ4n) is 2.27. The van der Waals surface area contributed by atoms with Gasteiger partial charge in [0.1, 0.15) is 5.15 Å². The summed E-state index contributed by atoms with van der Waals surface area (Å²) in [6.45, 7) is 0. The number of nitrogens with zero attached hydrogens (tertiary/aromatic N) is 1. The van der Waals surface area contributed by atoms with Crippen LogP contribution in [0.15, 0.2) is 12.1 Å². The van der Waals surface area contributed by atoms with Gasteiger partial charge in [-0.15, -0.1) is 0 Å². The van der Waals surface area contributed by atoms with Gasteiger partial charge in [-0.2, -0.15) is 0 Å². The fourth-order valence-corrected chi connectivity index (χ4v) is 2.48. The molecule has 0 atom stereocenters. The van der Waals surface area contributed by atoms with Crippen molar-refractivity contribution in [3.63, 3.8) is 0 Å². The number of rotatable bonds is 2. The zero-order chi connectivity index (χ0) is 10.7. The van der Waals surface area contributed by atoms with Crippen molar-refractivity contribution in [3.8, 4) is 5.88 Å². The van der Waals surface area contributed by atoms with Crippen LogP contribution in [-0.2, 0) is 0 Å². The lowest BCUT2D eigenvalue weighted by atomic mass is 9.84. The van der Waals surface area contributed by atoms with Crippen molar-refractivity contribution in [1.82, 2.24) is 4.98 Å². The van der Waals surface area contributed by atoms with E-state index in [-0.39, 0.29) is 0 Å². The molecular formula is C12H16ClNO. The van der Waals surface area contributed by atoms with Crippen LogP contribution in [-0.4, -0.2) is 12.1 Å². The fraction of sp³-hybridized carbons (Fsp3) is 0.583. The van der Waals surface area contributed by atoms with Crippen LogP contribution >= 0.6 is 11.6 Å². The Morgan fingerprint density at radius 3 is 2.67 bits per heavy atom. The number of methoxy groups -OCH3 is 1. The van der Waals surface area contributed by atoms with Crippen LogP contribution in [0.2, 0.25) is 5.15 Å². The minimum absolute atomic E-state index is 0.537. The Bertz CT molecular complexity index is 334. The van der Waals surface area contributed by atoms with Gasteiger partial charge in [0.05, 0.1) is 7.11 Å². The van der Waals surface area contributed by atoms with Crippen LogP contribution in [0.5, 0.6) is 5.88 Å². The van der Waals surface area contributed by atoms with Gasteiger partial charge in [0, 0.05) is 6.07 Å². The molecule has 3 heteroatoms. The molecule has 0 unspecified atom stereocenters. The highest BCUT2D eigenvalue weighted by Gasteiger charge is 2.16. The molecule has 1 aliphatic carbocycles. The molecule has 0 saturated heterocycles. The lowest BCUT2D eigenvalue weighted by molar-refractivity contribution is 0.394. The van der Waals surface area contributed by atoms with E-state index >= 15 is 0 Å². The molecule has 0 bridgehead atoms. The monoisotopic (exact) mass is 225 g/mol. The van der Waals surface area contributed by atoms with Gasteiger partial charge in [0.15, 0.2) is 0 Å². The Morgan fingerprint density at radius 2 is 2.00 bits per heavy atom. The van der Waals surface area contributed by atoms with Crippen LogP contribution in [0.1, 0.15) is 43.6 Å². The third kappa shape index (κ3) is 2.63. The van der Waals surface area contributed by atoms with Gasteiger partial charge in [0.2, 0.25) is 5.88 Å². The molecule has 0 aliphatic heterocycles. The molecule has 0 aromatic carbocycles. The molecule has 2 nitrogen and oxygen atoms in total. The van der Waals surface area contributed by atoms with E-state index in [1.165, 1.54) is 37.7 Å². The Balaban J connectivity index is 2.22. The first-order chi connectivity index (χ1) is 7.29. The molecule has 1 aromatic heterocycles. The highest BCUT2D eigenvalue weighted by molar-refractivity contribution is 6.29. The van der Waals surface area contributed by atoms with Crippen molar-refractivity contribution in [2.24, 2.45) is 0 Å². The van der Waals surface area contributed by atoms with Crippen molar-refractivity contribution in [1.29, 1.82) is 0 Å². The van der Waals surface area contributed by atoms with Crippen LogP contribution in [0.3, 0.4) is 0 Å². The van der Waals surface area contributed by atoms with Gasteiger partial charge in [0.25, 0.3) is 0 Å². The number of halogens is 1. The van der Waals surface area contributed by atoms with E-state index in [2.05, 4.69) is 4.98 Å². The Labute approximate surface area is 95.6 Å². The second kappa shape index (κ2) is 4.84. The van der Waals surface area contributed by atoms with Crippen LogP contribution in [0.25, 0.3) is 0 Å². The summed E-state index contributed by atoms with van der Waals surface area (Å²) in [5, 5.41) is 0.537. The second-order valence-corrected chi connectivity index (χ2v) is 4.49. The van der Waals surface area contributed by atoms with E-state index in [1.807, 2.05) is 12.1 Å². The van der Waals surface area contributed by atoms with E-state index in [4.69, 9.17) is 16.3 Å². The van der Waals surface area contributed by atoms with Crippen LogP contribution in [0, 0.1) is 0 Å². The zero-order valence-electron chi connectivity index (χ0n) is 9.00. The number of ether oxygens (including phenoxy) is 1.